The summed E-state index contributed by atoms with van der Waals surface area (Å²) in [5.41, 5.74) is 2.83. The van der Waals surface area contributed by atoms with Crippen molar-refractivity contribution >= 4 is 39.7 Å². The molecule has 0 aliphatic carbocycles. The zero-order valence-electron chi connectivity index (χ0n) is 10.7. The van der Waals surface area contributed by atoms with Gasteiger partial charge in [-0.3, -0.25) is 9.20 Å². The SMILES string of the molecule is Cc1cccc2nc(/C(Cl)=C/c3ccsc3)cc(=O)n12. The summed E-state index contributed by atoms with van der Waals surface area (Å²) in [6, 6.07) is 8.97. The van der Waals surface area contributed by atoms with Gasteiger partial charge >= 0.3 is 0 Å². The van der Waals surface area contributed by atoms with Crippen molar-refractivity contribution in [2.24, 2.45) is 0 Å². The number of halogens is 1. The summed E-state index contributed by atoms with van der Waals surface area (Å²) in [5, 5.41) is 4.42. The predicted octanol–water partition coefficient (Wildman–Crippen LogP) is 3.80. The second-order valence-electron chi connectivity index (χ2n) is 4.39. The summed E-state index contributed by atoms with van der Waals surface area (Å²) in [6.45, 7) is 1.87. The van der Waals surface area contributed by atoms with Crippen LogP contribution >= 0.6 is 22.9 Å². The summed E-state index contributed by atoms with van der Waals surface area (Å²) < 4.78 is 1.57. The molecule has 20 heavy (non-hydrogen) atoms. The number of aromatic nitrogens is 2. The van der Waals surface area contributed by atoms with Crippen LogP contribution < -0.4 is 5.56 Å². The molecule has 100 valence electrons. The van der Waals surface area contributed by atoms with E-state index in [2.05, 4.69) is 4.98 Å². The number of thiophene rings is 1. The Balaban J connectivity index is 2.16. The van der Waals surface area contributed by atoms with E-state index in [0.717, 1.165) is 11.3 Å². The van der Waals surface area contributed by atoms with Crippen molar-refractivity contribution in [3.05, 3.63) is 68.4 Å². The molecule has 0 radical (unpaired) electrons. The van der Waals surface area contributed by atoms with Crippen LogP contribution in [0.4, 0.5) is 0 Å². The number of fused-ring (bicyclic) bond motifs is 1. The number of nitrogens with zero attached hydrogens (tertiary/aromatic N) is 2. The molecular weight excluding hydrogens is 292 g/mol. The summed E-state index contributed by atoms with van der Waals surface area (Å²) >= 11 is 7.86. The molecule has 0 bridgehead atoms. The van der Waals surface area contributed by atoms with Gasteiger partial charge in [-0.1, -0.05) is 17.7 Å². The minimum Gasteiger partial charge on any atom is -0.269 e. The second-order valence-corrected chi connectivity index (χ2v) is 5.58. The third-order valence-electron chi connectivity index (χ3n) is 2.96. The van der Waals surface area contributed by atoms with Crippen LogP contribution in [0.2, 0.25) is 0 Å². The first kappa shape index (κ1) is 13.1. The van der Waals surface area contributed by atoms with Crippen LogP contribution in [-0.4, -0.2) is 9.38 Å². The Morgan fingerprint density at radius 1 is 1.40 bits per heavy atom. The number of hydrogen-bond donors (Lipinski definition) is 0. The number of rotatable bonds is 2. The Morgan fingerprint density at radius 2 is 2.25 bits per heavy atom. The third-order valence-corrected chi connectivity index (χ3v) is 3.97. The molecule has 0 aromatic carbocycles. The normalized spacial score (nSPS) is 12.0. The third kappa shape index (κ3) is 2.40. The van der Waals surface area contributed by atoms with Gasteiger partial charge < -0.3 is 0 Å². The lowest BCUT2D eigenvalue weighted by Crippen LogP contribution is -2.16. The maximum absolute atomic E-state index is 12.2. The summed E-state index contributed by atoms with van der Waals surface area (Å²) in [7, 11) is 0. The molecule has 0 spiro atoms. The highest BCUT2D eigenvalue weighted by Crippen LogP contribution is 2.21. The molecule has 5 heteroatoms. The van der Waals surface area contributed by atoms with E-state index in [1.165, 1.54) is 6.07 Å². The van der Waals surface area contributed by atoms with Crippen LogP contribution in [0, 0.1) is 6.92 Å². The first-order chi connectivity index (χ1) is 9.65. The van der Waals surface area contributed by atoms with Gasteiger partial charge in [-0.15, -0.1) is 0 Å². The van der Waals surface area contributed by atoms with Gasteiger partial charge in [-0.05, 0) is 47.5 Å². The quantitative estimate of drug-likeness (QED) is 0.721. The molecule has 0 fully saturated rings. The van der Waals surface area contributed by atoms with Gasteiger partial charge in [0.05, 0.1) is 10.7 Å². The Kier molecular flexibility index (Phi) is 3.42. The molecule has 3 rings (SSSR count). The van der Waals surface area contributed by atoms with E-state index in [1.807, 2.05) is 42.0 Å². The van der Waals surface area contributed by atoms with Gasteiger partial charge in [0.2, 0.25) is 0 Å². The molecule has 0 unspecified atom stereocenters. The van der Waals surface area contributed by atoms with E-state index in [1.54, 1.807) is 21.8 Å². The summed E-state index contributed by atoms with van der Waals surface area (Å²) in [4.78, 5) is 16.6. The molecule has 0 atom stereocenters. The molecule has 0 aliphatic heterocycles. The fourth-order valence-electron chi connectivity index (χ4n) is 2.01. The molecule has 3 aromatic rings. The van der Waals surface area contributed by atoms with E-state index >= 15 is 0 Å². The fourth-order valence-corrected chi connectivity index (χ4v) is 2.85. The Bertz CT molecular complexity index is 850. The molecule has 0 N–H and O–H groups in total. The van der Waals surface area contributed by atoms with E-state index in [9.17, 15) is 4.79 Å². The monoisotopic (exact) mass is 302 g/mol. The lowest BCUT2D eigenvalue weighted by molar-refractivity contribution is 0.986. The average Bonchev–Trinajstić information content (AvgIpc) is 2.91. The van der Waals surface area contributed by atoms with Crippen molar-refractivity contribution in [2.75, 3.05) is 0 Å². The highest BCUT2D eigenvalue weighted by atomic mass is 35.5. The molecular formula is C15H11ClN2OS. The van der Waals surface area contributed by atoms with E-state index in [4.69, 9.17) is 11.6 Å². The number of pyridine rings is 1. The van der Waals surface area contributed by atoms with Crippen molar-refractivity contribution in [1.29, 1.82) is 0 Å². The fraction of sp³-hybridized carbons (Fsp3) is 0.0667. The zero-order chi connectivity index (χ0) is 14.1. The van der Waals surface area contributed by atoms with E-state index < -0.39 is 0 Å². The van der Waals surface area contributed by atoms with E-state index in [-0.39, 0.29) is 5.56 Å². The van der Waals surface area contributed by atoms with Crippen molar-refractivity contribution in [2.45, 2.75) is 6.92 Å². The van der Waals surface area contributed by atoms with Gasteiger partial charge in [0, 0.05) is 11.8 Å². The summed E-state index contributed by atoms with van der Waals surface area (Å²) in [5.74, 6) is 0. The highest BCUT2D eigenvalue weighted by molar-refractivity contribution is 7.08. The number of aryl methyl sites for hydroxylation is 1. The lowest BCUT2D eigenvalue weighted by atomic mass is 10.2. The molecule has 3 nitrogen and oxygen atoms in total. The Morgan fingerprint density at radius 3 is 3.00 bits per heavy atom. The van der Waals surface area contributed by atoms with Gasteiger partial charge in [-0.25, -0.2) is 4.98 Å². The summed E-state index contributed by atoms with van der Waals surface area (Å²) in [6.07, 6.45) is 1.81. The van der Waals surface area contributed by atoms with Crippen molar-refractivity contribution < 1.29 is 0 Å². The van der Waals surface area contributed by atoms with Gasteiger partial charge in [0.25, 0.3) is 5.56 Å². The van der Waals surface area contributed by atoms with Crippen molar-refractivity contribution in [3.63, 3.8) is 0 Å². The molecule has 0 aliphatic rings. The first-order valence-electron chi connectivity index (χ1n) is 6.04. The molecule has 0 saturated carbocycles. The van der Waals surface area contributed by atoms with Crippen molar-refractivity contribution in [1.82, 2.24) is 9.38 Å². The van der Waals surface area contributed by atoms with E-state index in [0.29, 0.717) is 16.4 Å². The lowest BCUT2D eigenvalue weighted by Gasteiger charge is -2.05. The Labute approximate surface area is 124 Å². The topological polar surface area (TPSA) is 34.4 Å². The van der Waals surface area contributed by atoms with Crippen LogP contribution in [0.15, 0.2) is 45.9 Å². The minimum atomic E-state index is -0.125. The molecule has 0 saturated heterocycles. The Hall–Kier alpha value is -1.91. The van der Waals surface area contributed by atoms with Crippen molar-refractivity contribution in [3.8, 4) is 0 Å². The van der Waals surface area contributed by atoms with Crippen LogP contribution in [-0.2, 0) is 0 Å². The molecule has 3 heterocycles. The largest absolute Gasteiger partial charge is 0.269 e. The smallest absolute Gasteiger partial charge is 0.258 e. The van der Waals surface area contributed by atoms with Crippen LogP contribution in [0.1, 0.15) is 17.0 Å². The second kappa shape index (κ2) is 5.23. The average molecular weight is 303 g/mol. The molecule has 0 amide bonds. The first-order valence-corrected chi connectivity index (χ1v) is 7.36. The highest BCUT2D eigenvalue weighted by Gasteiger charge is 2.07. The minimum absolute atomic E-state index is 0.125. The van der Waals surface area contributed by atoms with Crippen LogP contribution in [0.5, 0.6) is 0 Å². The standard InChI is InChI=1S/C15H11ClN2OS/c1-10-3-2-4-14-17-13(8-15(19)18(10)14)12(16)7-11-5-6-20-9-11/h2-9H,1H3/b12-7-. The predicted molar refractivity (Wildman–Crippen MR) is 84.2 cm³/mol. The number of hydrogen-bond acceptors (Lipinski definition) is 3. The van der Waals surface area contributed by atoms with Crippen LogP contribution in [0.25, 0.3) is 16.8 Å². The van der Waals surface area contributed by atoms with Crippen LogP contribution in [0.3, 0.4) is 0 Å². The maximum atomic E-state index is 12.2. The van der Waals surface area contributed by atoms with Gasteiger partial charge in [0.1, 0.15) is 5.65 Å². The zero-order valence-corrected chi connectivity index (χ0v) is 12.3. The van der Waals surface area contributed by atoms with Gasteiger partial charge in [-0.2, -0.15) is 11.3 Å². The van der Waals surface area contributed by atoms with Gasteiger partial charge in [0.15, 0.2) is 0 Å². The maximum Gasteiger partial charge on any atom is 0.258 e. The molecule has 3 aromatic heterocycles.